The molecule has 1 unspecified atom stereocenters. The van der Waals surface area contributed by atoms with Gasteiger partial charge in [-0.05, 0) is 30.5 Å². The van der Waals surface area contributed by atoms with E-state index in [1.807, 2.05) is 35.5 Å². The Balaban J connectivity index is 1.76. The Kier molecular flexibility index (Phi) is 3.82. The van der Waals surface area contributed by atoms with Gasteiger partial charge in [0.1, 0.15) is 11.8 Å². The number of hydrogen-bond donors (Lipinski definition) is 0. The third-order valence-electron chi connectivity index (χ3n) is 3.89. The van der Waals surface area contributed by atoms with Crippen molar-refractivity contribution in [1.82, 2.24) is 4.98 Å². The van der Waals surface area contributed by atoms with Gasteiger partial charge >= 0.3 is 0 Å². The maximum absolute atomic E-state index is 11.8. The van der Waals surface area contributed by atoms with E-state index in [0.29, 0.717) is 4.88 Å². The zero-order valence-corrected chi connectivity index (χ0v) is 14.9. The van der Waals surface area contributed by atoms with Gasteiger partial charge < -0.3 is 4.42 Å². The van der Waals surface area contributed by atoms with Gasteiger partial charge in [0.05, 0.1) is 27.4 Å². The molecule has 0 saturated heterocycles. The van der Waals surface area contributed by atoms with Crippen LogP contribution in [0.2, 0.25) is 0 Å². The Labute approximate surface area is 147 Å². The molecule has 0 aromatic carbocycles. The first-order chi connectivity index (χ1) is 11.6. The topological polar surface area (TPSA) is 58.7 Å². The lowest BCUT2D eigenvalue weighted by atomic mass is 10.1. The lowest BCUT2D eigenvalue weighted by Crippen LogP contribution is -2.17. The second kappa shape index (κ2) is 5.99. The van der Waals surface area contributed by atoms with Gasteiger partial charge in [-0.2, -0.15) is 5.10 Å². The molecule has 7 heteroatoms. The van der Waals surface area contributed by atoms with Gasteiger partial charge in [0, 0.05) is 13.3 Å². The number of anilines is 1. The monoisotopic (exact) mass is 357 g/mol. The standard InChI is InChI=1S/C17H15N3O2S2/c1-10-16(11(2)21)24-17(18-10)20-13(14-5-3-7-22-14)9-12(19-20)15-6-4-8-23-15/h3-8,13H,9H2,1-2H3. The number of furan rings is 1. The molecule has 1 aliphatic heterocycles. The number of thiazole rings is 1. The highest BCUT2D eigenvalue weighted by atomic mass is 32.1. The fourth-order valence-electron chi connectivity index (χ4n) is 2.79. The molecule has 4 rings (SSSR count). The Bertz CT molecular complexity index is 895. The van der Waals surface area contributed by atoms with Gasteiger partial charge in [0.2, 0.25) is 5.13 Å². The van der Waals surface area contributed by atoms with Crippen molar-refractivity contribution < 1.29 is 9.21 Å². The quantitative estimate of drug-likeness (QED) is 0.637. The van der Waals surface area contributed by atoms with Crippen molar-refractivity contribution in [1.29, 1.82) is 0 Å². The van der Waals surface area contributed by atoms with Crippen LogP contribution in [0.5, 0.6) is 0 Å². The molecule has 3 aromatic rings. The second-order valence-electron chi connectivity index (χ2n) is 5.57. The number of carbonyl (C=O) groups is 1. The first kappa shape index (κ1) is 15.3. The normalized spacial score (nSPS) is 17.3. The summed E-state index contributed by atoms with van der Waals surface area (Å²) in [6.45, 7) is 3.43. The van der Waals surface area contributed by atoms with Crippen LogP contribution in [0.1, 0.15) is 45.4 Å². The number of aryl methyl sites for hydroxylation is 1. The minimum Gasteiger partial charge on any atom is -0.467 e. The molecule has 0 fully saturated rings. The van der Waals surface area contributed by atoms with Crippen LogP contribution in [0, 0.1) is 6.92 Å². The van der Waals surface area contributed by atoms with Crippen LogP contribution in [0.3, 0.4) is 0 Å². The maximum Gasteiger partial charge on any atom is 0.207 e. The van der Waals surface area contributed by atoms with E-state index in [1.165, 1.54) is 11.3 Å². The van der Waals surface area contributed by atoms with Gasteiger partial charge in [0.25, 0.3) is 0 Å². The number of aromatic nitrogens is 1. The van der Waals surface area contributed by atoms with Gasteiger partial charge in [-0.15, -0.1) is 11.3 Å². The first-order valence-corrected chi connectivity index (χ1v) is 9.25. The van der Waals surface area contributed by atoms with Gasteiger partial charge in [-0.3, -0.25) is 4.79 Å². The SMILES string of the molecule is CC(=O)c1sc(N2N=C(c3cccs3)CC2c2ccco2)nc1C. The highest BCUT2D eigenvalue weighted by Gasteiger charge is 2.34. The molecule has 1 atom stereocenters. The third-order valence-corrected chi connectivity index (χ3v) is 6.06. The van der Waals surface area contributed by atoms with Crippen LogP contribution >= 0.6 is 22.7 Å². The molecule has 0 amide bonds. The summed E-state index contributed by atoms with van der Waals surface area (Å²) < 4.78 is 5.62. The number of hydrazone groups is 1. The maximum atomic E-state index is 11.8. The Hall–Kier alpha value is -2.25. The molecule has 0 N–H and O–H groups in total. The number of Topliss-reactive ketones (excluding diaryl/α,β-unsaturated/α-hetero) is 1. The van der Waals surface area contributed by atoms with Crippen molar-refractivity contribution in [3.05, 3.63) is 57.1 Å². The zero-order valence-electron chi connectivity index (χ0n) is 13.2. The molecule has 0 radical (unpaired) electrons. The molecule has 0 bridgehead atoms. The highest BCUT2D eigenvalue weighted by molar-refractivity contribution is 7.17. The van der Waals surface area contributed by atoms with Gasteiger partial charge in [0.15, 0.2) is 5.78 Å². The lowest BCUT2D eigenvalue weighted by molar-refractivity contribution is 0.102. The molecule has 24 heavy (non-hydrogen) atoms. The van der Waals surface area contributed by atoms with E-state index in [0.717, 1.165) is 33.6 Å². The zero-order chi connectivity index (χ0) is 16.7. The highest BCUT2D eigenvalue weighted by Crippen LogP contribution is 2.40. The van der Waals surface area contributed by atoms with Gasteiger partial charge in [-0.25, -0.2) is 9.99 Å². The average Bonchev–Trinajstić information content (AvgIpc) is 3.32. The second-order valence-corrected chi connectivity index (χ2v) is 7.50. The molecule has 5 nitrogen and oxygen atoms in total. The van der Waals surface area contributed by atoms with E-state index < -0.39 is 0 Å². The molecule has 0 saturated carbocycles. The van der Waals surface area contributed by atoms with E-state index in [4.69, 9.17) is 9.52 Å². The van der Waals surface area contributed by atoms with Crippen molar-refractivity contribution in [3.8, 4) is 0 Å². The lowest BCUT2D eigenvalue weighted by Gasteiger charge is -2.18. The van der Waals surface area contributed by atoms with Crippen LogP contribution in [-0.4, -0.2) is 16.5 Å². The van der Waals surface area contributed by atoms with Crippen molar-refractivity contribution in [2.24, 2.45) is 5.10 Å². The van der Waals surface area contributed by atoms with Crippen LogP contribution in [0.15, 0.2) is 45.4 Å². The summed E-state index contributed by atoms with van der Waals surface area (Å²) in [6.07, 6.45) is 2.42. The molecule has 122 valence electrons. The summed E-state index contributed by atoms with van der Waals surface area (Å²) >= 11 is 3.06. The minimum atomic E-state index is -0.0394. The average molecular weight is 357 g/mol. The van der Waals surface area contributed by atoms with Crippen LogP contribution in [0.4, 0.5) is 5.13 Å². The Morgan fingerprint density at radius 3 is 2.88 bits per heavy atom. The smallest absolute Gasteiger partial charge is 0.207 e. The summed E-state index contributed by atoms with van der Waals surface area (Å²) in [4.78, 5) is 18.2. The van der Waals surface area contributed by atoms with E-state index in [-0.39, 0.29) is 11.8 Å². The summed E-state index contributed by atoms with van der Waals surface area (Å²) in [5.74, 6) is 0.884. The summed E-state index contributed by atoms with van der Waals surface area (Å²) in [7, 11) is 0. The van der Waals surface area contributed by atoms with E-state index in [9.17, 15) is 4.79 Å². The molecule has 0 aliphatic carbocycles. The predicted octanol–water partition coefficient (Wildman–Crippen LogP) is 4.66. The van der Waals surface area contributed by atoms with Crippen LogP contribution in [-0.2, 0) is 0 Å². The first-order valence-electron chi connectivity index (χ1n) is 7.56. The fraction of sp³-hybridized carbons (Fsp3) is 0.235. The molecule has 0 spiro atoms. The third kappa shape index (κ3) is 2.59. The van der Waals surface area contributed by atoms with Crippen molar-refractivity contribution in [2.45, 2.75) is 26.3 Å². The molecular weight excluding hydrogens is 342 g/mol. The van der Waals surface area contributed by atoms with Crippen molar-refractivity contribution in [2.75, 3.05) is 5.01 Å². The number of rotatable bonds is 4. The van der Waals surface area contributed by atoms with Crippen molar-refractivity contribution in [3.63, 3.8) is 0 Å². The van der Waals surface area contributed by atoms with Crippen molar-refractivity contribution >= 4 is 39.3 Å². The number of nitrogens with zero attached hydrogens (tertiary/aromatic N) is 3. The minimum absolute atomic E-state index is 0.0347. The molecular formula is C17H15N3O2S2. The van der Waals surface area contributed by atoms with Gasteiger partial charge in [-0.1, -0.05) is 17.4 Å². The number of hydrogen-bond acceptors (Lipinski definition) is 7. The van der Waals surface area contributed by atoms with E-state index in [2.05, 4.69) is 11.1 Å². The molecule has 1 aliphatic rings. The molecule has 4 heterocycles. The summed E-state index contributed by atoms with van der Waals surface area (Å²) in [6, 6.07) is 7.89. The summed E-state index contributed by atoms with van der Waals surface area (Å²) in [5.41, 5.74) is 1.77. The van der Waals surface area contributed by atoms with E-state index >= 15 is 0 Å². The predicted molar refractivity (Wildman–Crippen MR) is 96.3 cm³/mol. The van der Waals surface area contributed by atoms with E-state index in [1.54, 1.807) is 24.5 Å². The summed E-state index contributed by atoms with van der Waals surface area (Å²) in [5, 5.41) is 9.45. The number of carbonyl (C=O) groups excluding carboxylic acids is 1. The Morgan fingerprint density at radius 1 is 1.38 bits per heavy atom. The number of thiophene rings is 1. The number of ketones is 1. The Morgan fingerprint density at radius 2 is 2.25 bits per heavy atom. The largest absolute Gasteiger partial charge is 0.467 e. The fourth-order valence-corrected chi connectivity index (χ4v) is 4.47. The van der Waals surface area contributed by atoms with Crippen LogP contribution < -0.4 is 5.01 Å². The molecule has 3 aromatic heterocycles. The van der Waals surface area contributed by atoms with Crippen LogP contribution in [0.25, 0.3) is 0 Å².